The first kappa shape index (κ1) is 21.4. The van der Waals surface area contributed by atoms with E-state index in [2.05, 4.69) is 4.74 Å². The van der Waals surface area contributed by atoms with Gasteiger partial charge in [0, 0.05) is 32.0 Å². The number of hydrogen-bond donors (Lipinski definition) is 0. The molecular formula is C21H30N2O6. The molecule has 2 amide bonds. The van der Waals surface area contributed by atoms with Crippen LogP contribution in [0.3, 0.4) is 0 Å². The molecule has 1 aliphatic carbocycles. The number of hydrogen-bond acceptors (Lipinski definition) is 6. The summed E-state index contributed by atoms with van der Waals surface area (Å²) in [5, 5.41) is 0. The van der Waals surface area contributed by atoms with E-state index in [1.54, 1.807) is 22.1 Å². The summed E-state index contributed by atoms with van der Waals surface area (Å²) in [6.07, 6.45) is 6.25. The van der Waals surface area contributed by atoms with Crippen molar-refractivity contribution in [2.24, 2.45) is 0 Å². The van der Waals surface area contributed by atoms with Crippen LogP contribution >= 0.6 is 0 Å². The molecule has 1 atom stereocenters. The summed E-state index contributed by atoms with van der Waals surface area (Å²) >= 11 is 0. The van der Waals surface area contributed by atoms with Crippen LogP contribution in [-0.4, -0.2) is 66.5 Å². The number of esters is 1. The fraction of sp³-hybridized carbons (Fsp3) is 0.667. The lowest BCUT2D eigenvalue weighted by Crippen LogP contribution is -2.45. The first-order valence-electron chi connectivity index (χ1n) is 10.3. The second kappa shape index (κ2) is 10.4. The van der Waals surface area contributed by atoms with Gasteiger partial charge in [-0.05, 0) is 44.2 Å². The first-order valence-corrected chi connectivity index (χ1v) is 10.3. The van der Waals surface area contributed by atoms with E-state index in [9.17, 15) is 14.4 Å². The molecule has 2 heterocycles. The Bertz CT molecular complexity index is 679. The van der Waals surface area contributed by atoms with E-state index in [1.165, 1.54) is 7.11 Å². The number of methoxy groups -OCH3 is 1. The summed E-state index contributed by atoms with van der Waals surface area (Å²) in [4.78, 5) is 40.4. The van der Waals surface area contributed by atoms with E-state index in [1.807, 2.05) is 6.07 Å². The van der Waals surface area contributed by atoms with Gasteiger partial charge >= 0.3 is 5.97 Å². The summed E-state index contributed by atoms with van der Waals surface area (Å²) in [5.41, 5.74) is 0. The van der Waals surface area contributed by atoms with Gasteiger partial charge in [-0.1, -0.05) is 0 Å². The van der Waals surface area contributed by atoms with E-state index in [0.29, 0.717) is 25.3 Å². The largest absolute Gasteiger partial charge is 0.469 e. The van der Waals surface area contributed by atoms with E-state index in [4.69, 9.17) is 9.15 Å². The summed E-state index contributed by atoms with van der Waals surface area (Å²) in [6, 6.07) is 3.76. The molecule has 1 aromatic rings. The van der Waals surface area contributed by atoms with Gasteiger partial charge in [0.1, 0.15) is 12.3 Å². The van der Waals surface area contributed by atoms with Gasteiger partial charge < -0.3 is 23.7 Å². The van der Waals surface area contributed by atoms with Crippen LogP contribution in [0, 0.1) is 0 Å². The number of ether oxygens (including phenoxy) is 2. The number of carbonyl (C=O) groups is 3. The molecule has 3 rings (SSSR count). The molecule has 8 heteroatoms. The molecule has 0 N–H and O–H groups in total. The van der Waals surface area contributed by atoms with Crippen molar-refractivity contribution in [1.82, 2.24) is 9.80 Å². The minimum atomic E-state index is -0.326. The Morgan fingerprint density at radius 2 is 2.00 bits per heavy atom. The third-order valence-electron chi connectivity index (χ3n) is 5.34. The van der Waals surface area contributed by atoms with Crippen LogP contribution < -0.4 is 0 Å². The van der Waals surface area contributed by atoms with Crippen LogP contribution in [0.1, 0.15) is 50.7 Å². The molecule has 0 bridgehead atoms. The quantitative estimate of drug-likeness (QED) is 0.523. The van der Waals surface area contributed by atoms with Crippen molar-refractivity contribution in [3.8, 4) is 0 Å². The normalized spacial score (nSPS) is 18.4. The van der Waals surface area contributed by atoms with E-state index in [-0.39, 0.29) is 49.3 Å². The highest BCUT2D eigenvalue weighted by Crippen LogP contribution is 2.28. The Balaban J connectivity index is 1.58. The lowest BCUT2D eigenvalue weighted by molar-refractivity contribution is -0.143. The summed E-state index contributed by atoms with van der Waals surface area (Å²) < 4.78 is 15.7. The van der Waals surface area contributed by atoms with Crippen molar-refractivity contribution in [2.45, 2.75) is 63.6 Å². The Hall–Kier alpha value is -2.35. The van der Waals surface area contributed by atoms with E-state index < -0.39 is 0 Å². The van der Waals surface area contributed by atoms with Crippen molar-refractivity contribution in [1.29, 1.82) is 0 Å². The van der Waals surface area contributed by atoms with E-state index >= 15 is 0 Å². The molecular weight excluding hydrogens is 376 g/mol. The fourth-order valence-electron chi connectivity index (χ4n) is 3.56. The number of carbonyl (C=O) groups excluding carboxylic acids is 3. The molecule has 0 aromatic carbocycles. The Morgan fingerprint density at radius 1 is 1.17 bits per heavy atom. The highest BCUT2D eigenvalue weighted by Gasteiger charge is 2.35. The lowest BCUT2D eigenvalue weighted by atomic mass is 10.2. The van der Waals surface area contributed by atoms with Crippen LogP contribution in [0.5, 0.6) is 0 Å². The molecule has 0 unspecified atom stereocenters. The molecule has 2 fully saturated rings. The minimum absolute atomic E-state index is 0.0269. The van der Waals surface area contributed by atoms with Gasteiger partial charge in [0.05, 0.1) is 26.0 Å². The van der Waals surface area contributed by atoms with Crippen LogP contribution in [0.4, 0.5) is 0 Å². The van der Waals surface area contributed by atoms with Gasteiger partial charge in [0.2, 0.25) is 11.8 Å². The van der Waals surface area contributed by atoms with Crippen LogP contribution in [-0.2, 0) is 30.4 Å². The second-order valence-corrected chi connectivity index (χ2v) is 7.67. The van der Waals surface area contributed by atoms with Crippen molar-refractivity contribution in [2.75, 3.05) is 26.8 Å². The number of rotatable bonds is 11. The molecule has 0 spiro atoms. The van der Waals surface area contributed by atoms with Gasteiger partial charge in [-0.25, -0.2) is 0 Å². The Labute approximate surface area is 171 Å². The molecule has 2 aliphatic rings. The lowest BCUT2D eigenvalue weighted by Gasteiger charge is -2.29. The number of nitrogens with zero attached hydrogens (tertiary/aromatic N) is 2. The third kappa shape index (κ3) is 6.59. The van der Waals surface area contributed by atoms with Crippen LogP contribution in [0.2, 0.25) is 0 Å². The Morgan fingerprint density at radius 3 is 2.62 bits per heavy atom. The number of furan rings is 1. The molecule has 160 valence electrons. The molecule has 0 radical (unpaired) electrons. The molecule has 1 saturated carbocycles. The highest BCUT2D eigenvalue weighted by molar-refractivity contribution is 5.85. The topological polar surface area (TPSA) is 89.3 Å². The predicted octanol–water partition coefficient (Wildman–Crippen LogP) is 2.12. The van der Waals surface area contributed by atoms with Gasteiger partial charge in [0.15, 0.2) is 0 Å². The zero-order valence-corrected chi connectivity index (χ0v) is 17.0. The molecule has 29 heavy (non-hydrogen) atoms. The van der Waals surface area contributed by atoms with Crippen LogP contribution in [0.25, 0.3) is 0 Å². The fourth-order valence-corrected chi connectivity index (χ4v) is 3.56. The third-order valence-corrected chi connectivity index (χ3v) is 5.34. The van der Waals surface area contributed by atoms with Gasteiger partial charge in [-0.3, -0.25) is 14.4 Å². The SMILES string of the molecule is COC(=O)CCCC(=O)N(CC(=O)N(Cc1ccco1)C[C@H]1CCCO1)C1CC1. The molecule has 1 aliphatic heterocycles. The molecule has 1 saturated heterocycles. The van der Waals surface area contributed by atoms with Crippen molar-refractivity contribution in [3.05, 3.63) is 24.2 Å². The average Bonchev–Trinajstić information content (AvgIpc) is 3.17. The van der Waals surface area contributed by atoms with E-state index in [0.717, 1.165) is 32.3 Å². The zero-order valence-electron chi connectivity index (χ0n) is 17.0. The summed E-state index contributed by atoms with van der Waals surface area (Å²) in [7, 11) is 1.33. The highest BCUT2D eigenvalue weighted by atomic mass is 16.5. The maximum absolute atomic E-state index is 13.1. The van der Waals surface area contributed by atoms with Crippen molar-refractivity contribution in [3.63, 3.8) is 0 Å². The number of amides is 2. The maximum Gasteiger partial charge on any atom is 0.305 e. The first-order chi connectivity index (χ1) is 14.1. The Kier molecular flexibility index (Phi) is 7.69. The van der Waals surface area contributed by atoms with Crippen LogP contribution in [0.15, 0.2) is 22.8 Å². The van der Waals surface area contributed by atoms with Gasteiger partial charge in [-0.2, -0.15) is 0 Å². The predicted molar refractivity (Wildman–Crippen MR) is 104 cm³/mol. The molecule has 8 nitrogen and oxygen atoms in total. The smallest absolute Gasteiger partial charge is 0.305 e. The minimum Gasteiger partial charge on any atom is -0.469 e. The molecule has 1 aromatic heterocycles. The van der Waals surface area contributed by atoms with Crippen molar-refractivity contribution >= 4 is 17.8 Å². The second-order valence-electron chi connectivity index (χ2n) is 7.67. The maximum atomic E-state index is 13.1. The van der Waals surface area contributed by atoms with Crippen molar-refractivity contribution < 1.29 is 28.3 Å². The summed E-state index contributed by atoms with van der Waals surface area (Å²) in [6.45, 7) is 1.63. The average molecular weight is 406 g/mol. The standard InChI is InChI=1S/C21H30N2O6/c1-27-21(26)8-2-7-19(24)23(16-9-10-16)15-20(25)22(13-17-5-3-11-28-17)14-18-6-4-12-29-18/h3,5,11,16,18H,2,4,6-10,12-15H2,1H3/t18-/m1/s1. The van der Waals surface area contributed by atoms with Gasteiger partial charge in [-0.15, -0.1) is 0 Å². The monoisotopic (exact) mass is 406 g/mol. The zero-order chi connectivity index (χ0) is 20.6. The van der Waals surface area contributed by atoms with Gasteiger partial charge in [0.25, 0.3) is 0 Å². The summed E-state index contributed by atoms with van der Waals surface area (Å²) in [5.74, 6) is 0.191.